The second kappa shape index (κ2) is 9.72. The normalized spacial score (nSPS) is 19.2. The first-order chi connectivity index (χ1) is 9.53. The van der Waals surface area contributed by atoms with E-state index in [1.807, 2.05) is 0 Å². The summed E-state index contributed by atoms with van der Waals surface area (Å²) in [7, 11) is 0. The van der Waals surface area contributed by atoms with Crippen LogP contribution in [-0.4, -0.2) is 62.0 Å². The highest BCUT2D eigenvalue weighted by Crippen LogP contribution is 2.22. The van der Waals surface area contributed by atoms with Crippen molar-refractivity contribution in [2.24, 2.45) is 5.41 Å². The summed E-state index contributed by atoms with van der Waals surface area (Å²) >= 11 is 0. The Bertz CT molecular complexity index is 241. The Kier molecular flexibility index (Phi) is 8.69. The van der Waals surface area contributed by atoms with Crippen LogP contribution in [0.3, 0.4) is 0 Å². The molecule has 4 nitrogen and oxygen atoms in total. The molecule has 1 aliphatic heterocycles. The fraction of sp³-hybridized carbons (Fsp3) is 1.00. The minimum Gasteiger partial charge on any atom is -0.390 e. The van der Waals surface area contributed by atoms with E-state index in [1.165, 1.54) is 25.7 Å². The summed E-state index contributed by atoms with van der Waals surface area (Å²) in [5, 5.41) is 13.5. The first-order valence-corrected chi connectivity index (χ1v) is 8.22. The van der Waals surface area contributed by atoms with Crippen molar-refractivity contribution in [1.29, 1.82) is 0 Å². The maximum Gasteiger partial charge on any atom is 0.0791 e. The van der Waals surface area contributed by atoms with Gasteiger partial charge in [-0.3, -0.25) is 4.90 Å². The highest BCUT2D eigenvalue weighted by atomic mass is 16.5. The number of nitrogens with zero attached hydrogens (tertiary/aromatic N) is 1. The Balaban J connectivity index is 2.08. The minimum absolute atomic E-state index is 0.278. The Hall–Kier alpha value is -0.160. The van der Waals surface area contributed by atoms with Gasteiger partial charge in [0.05, 0.1) is 19.3 Å². The molecule has 1 fully saturated rings. The van der Waals surface area contributed by atoms with Crippen LogP contribution in [0.2, 0.25) is 0 Å². The zero-order chi connectivity index (χ0) is 14.8. The third-order valence-corrected chi connectivity index (χ3v) is 4.01. The lowest BCUT2D eigenvalue weighted by Gasteiger charge is -2.29. The molecule has 4 heteroatoms. The van der Waals surface area contributed by atoms with Crippen molar-refractivity contribution in [2.45, 2.75) is 52.6 Å². The molecule has 0 amide bonds. The maximum atomic E-state index is 10.1. The topological polar surface area (TPSA) is 44.7 Å². The Morgan fingerprint density at radius 2 is 1.95 bits per heavy atom. The zero-order valence-electron chi connectivity index (χ0n) is 13.7. The van der Waals surface area contributed by atoms with Crippen LogP contribution in [0.1, 0.15) is 46.5 Å². The first kappa shape index (κ1) is 17.9. The monoisotopic (exact) mass is 286 g/mol. The van der Waals surface area contributed by atoms with Gasteiger partial charge in [-0.2, -0.15) is 0 Å². The van der Waals surface area contributed by atoms with E-state index in [4.69, 9.17) is 4.74 Å². The number of hydrogen-bond donors (Lipinski definition) is 2. The van der Waals surface area contributed by atoms with Crippen molar-refractivity contribution in [2.75, 3.05) is 45.9 Å². The van der Waals surface area contributed by atoms with Crippen molar-refractivity contribution in [3.63, 3.8) is 0 Å². The van der Waals surface area contributed by atoms with Gasteiger partial charge in [-0.05, 0) is 11.8 Å². The molecule has 0 radical (unpaired) electrons. The molecule has 0 bridgehead atoms. The van der Waals surface area contributed by atoms with E-state index in [-0.39, 0.29) is 6.10 Å². The van der Waals surface area contributed by atoms with Crippen LogP contribution < -0.4 is 5.32 Å². The van der Waals surface area contributed by atoms with E-state index >= 15 is 0 Å². The molecule has 2 N–H and O–H groups in total. The van der Waals surface area contributed by atoms with Crippen molar-refractivity contribution < 1.29 is 9.84 Å². The highest BCUT2D eigenvalue weighted by Gasteiger charge is 2.18. The van der Waals surface area contributed by atoms with Crippen molar-refractivity contribution >= 4 is 0 Å². The van der Waals surface area contributed by atoms with Gasteiger partial charge in [0.25, 0.3) is 0 Å². The second-order valence-corrected chi connectivity index (χ2v) is 6.82. The highest BCUT2D eigenvalue weighted by molar-refractivity contribution is 4.74. The number of β-amino-alcohol motifs (C(OH)–C–C–N with tert-alkyl or cyclic N) is 1. The zero-order valence-corrected chi connectivity index (χ0v) is 13.7. The molecule has 1 heterocycles. The molecule has 0 aromatic heterocycles. The molecule has 0 aromatic rings. The van der Waals surface area contributed by atoms with Crippen LogP contribution in [0.15, 0.2) is 0 Å². The largest absolute Gasteiger partial charge is 0.390 e. The fourth-order valence-electron chi connectivity index (χ4n) is 2.67. The first-order valence-electron chi connectivity index (χ1n) is 8.22. The number of rotatable bonds is 10. The summed E-state index contributed by atoms with van der Waals surface area (Å²) in [5.74, 6) is 0. The van der Waals surface area contributed by atoms with Gasteiger partial charge in [-0.25, -0.2) is 0 Å². The van der Waals surface area contributed by atoms with Gasteiger partial charge >= 0.3 is 0 Å². The number of ether oxygens (including phenoxy) is 1. The van der Waals surface area contributed by atoms with E-state index < -0.39 is 0 Å². The van der Waals surface area contributed by atoms with Gasteiger partial charge in [-0.15, -0.1) is 0 Å². The summed E-state index contributed by atoms with van der Waals surface area (Å²) in [6.45, 7) is 12.8. The van der Waals surface area contributed by atoms with Crippen LogP contribution in [0.4, 0.5) is 0 Å². The van der Waals surface area contributed by atoms with Crippen LogP contribution in [-0.2, 0) is 4.74 Å². The molecule has 0 spiro atoms. The number of nitrogens with one attached hydrogen (secondary N) is 1. The minimum atomic E-state index is -0.278. The quantitative estimate of drug-likeness (QED) is 0.602. The molecule has 0 aliphatic carbocycles. The predicted molar refractivity (Wildman–Crippen MR) is 84.1 cm³/mol. The molecule has 20 heavy (non-hydrogen) atoms. The average molecular weight is 286 g/mol. The predicted octanol–water partition coefficient (Wildman–Crippen LogP) is 1.88. The molecule has 1 rings (SSSR count). The van der Waals surface area contributed by atoms with Crippen LogP contribution in [0, 0.1) is 5.41 Å². The van der Waals surface area contributed by atoms with Crippen molar-refractivity contribution in [3.05, 3.63) is 0 Å². The third-order valence-electron chi connectivity index (χ3n) is 4.01. The average Bonchev–Trinajstić information content (AvgIpc) is 2.39. The van der Waals surface area contributed by atoms with Gasteiger partial charge in [0, 0.05) is 32.7 Å². The molecule has 1 aliphatic rings. The molecule has 120 valence electrons. The Morgan fingerprint density at radius 3 is 2.60 bits per heavy atom. The van der Waals surface area contributed by atoms with E-state index in [1.54, 1.807) is 0 Å². The van der Waals surface area contributed by atoms with E-state index in [9.17, 15) is 5.11 Å². The lowest BCUT2D eigenvalue weighted by atomic mass is 9.87. The number of morpholine rings is 1. The standard InChI is InChI=1S/C16H34N2O2/c1-4-5-6-7-16(2,3)14-17-12-15(19)13-18-8-10-20-11-9-18/h15,17,19H,4-14H2,1-3H3. The number of unbranched alkanes of at least 4 members (excludes halogenated alkanes) is 2. The third kappa shape index (κ3) is 8.20. The van der Waals surface area contributed by atoms with E-state index in [0.29, 0.717) is 12.0 Å². The van der Waals surface area contributed by atoms with Gasteiger partial charge < -0.3 is 15.2 Å². The van der Waals surface area contributed by atoms with Crippen LogP contribution >= 0.6 is 0 Å². The lowest BCUT2D eigenvalue weighted by molar-refractivity contribution is 0.0146. The number of aliphatic hydroxyl groups excluding tert-OH is 1. The summed E-state index contributed by atoms with van der Waals surface area (Å²) in [5.41, 5.74) is 0.327. The molecule has 1 saturated heterocycles. The van der Waals surface area contributed by atoms with Gasteiger partial charge in [0.15, 0.2) is 0 Å². The van der Waals surface area contributed by atoms with Gasteiger partial charge in [0.1, 0.15) is 0 Å². The SMILES string of the molecule is CCCCCC(C)(C)CNCC(O)CN1CCOCC1. The van der Waals surface area contributed by atoms with Gasteiger partial charge in [-0.1, -0.05) is 40.0 Å². The summed E-state index contributed by atoms with van der Waals surface area (Å²) < 4.78 is 5.31. The summed E-state index contributed by atoms with van der Waals surface area (Å²) in [4.78, 5) is 2.28. The fourth-order valence-corrected chi connectivity index (χ4v) is 2.67. The molecular formula is C16H34N2O2. The van der Waals surface area contributed by atoms with Gasteiger partial charge in [0.2, 0.25) is 0 Å². The van der Waals surface area contributed by atoms with Crippen molar-refractivity contribution in [1.82, 2.24) is 10.2 Å². The Morgan fingerprint density at radius 1 is 1.25 bits per heavy atom. The smallest absolute Gasteiger partial charge is 0.0791 e. The molecule has 1 atom stereocenters. The molecular weight excluding hydrogens is 252 g/mol. The summed E-state index contributed by atoms with van der Waals surface area (Å²) in [6.07, 6.45) is 4.89. The van der Waals surface area contributed by atoms with E-state index in [2.05, 4.69) is 31.0 Å². The lowest BCUT2D eigenvalue weighted by Crippen LogP contribution is -2.44. The molecule has 0 saturated carbocycles. The number of hydrogen-bond acceptors (Lipinski definition) is 4. The van der Waals surface area contributed by atoms with Crippen molar-refractivity contribution in [3.8, 4) is 0 Å². The molecule has 0 aromatic carbocycles. The number of aliphatic hydroxyl groups is 1. The van der Waals surface area contributed by atoms with Crippen LogP contribution in [0.25, 0.3) is 0 Å². The van der Waals surface area contributed by atoms with E-state index in [0.717, 1.165) is 39.4 Å². The maximum absolute atomic E-state index is 10.1. The summed E-state index contributed by atoms with van der Waals surface area (Å²) in [6, 6.07) is 0. The van der Waals surface area contributed by atoms with Crippen LogP contribution in [0.5, 0.6) is 0 Å². The Labute approximate surface area is 124 Å². The second-order valence-electron chi connectivity index (χ2n) is 6.82. The molecule has 1 unspecified atom stereocenters.